The summed E-state index contributed by atoms with van der Waals surface area (Å²) in [5.41, 5.74) is 1.96. The van der Waals surface area contributed by atoms with Crippen molar-refractivity contribution in [2.24, 2.45) is 10.9 Å². The number of nitrogens with zero attached hydrogens (tertiary/aromatic N) is 1. The topological polar surface area (TPSA) is 68.1 Å². The second-order valence-corrected chi connectivity index (χ2v) is 6.97. The molecule has 0 amide bonds. The molecule has 1 aromatic rings. The summed E-state index contributed by atoms with van der Waals surface area (Å²) in [4.78, 5) is 15.9. The molecule has 1 saturated carbocycles. The molecular weight excluding hydrogens is 318 g/mol. The Morgan fingerprint density at radius 2 is 2.08 bits per heavy atom. The smallest absolute Gasteiger partial charge is 0.312 e. The Labute approximate surface area is 149 Å². The van der Waals surface area contributed by atoms with Crippen molar-refractivity contribution in [3.05, 3.63) is 23.8 Å². The van der Waals surface area contributed by atoms with Crippen LogP contribution in [0.5, 0.6) is 11.5 Å². The van der Waals surface area contributed by atoms with E-state index < -0.39 is 11.9 Å². The zero-order valence-electron chi connectivity index (χ0n) is 15.0. The average molecular weight is 345 g/mol. The third-order valence-electron chi connectivity index (χ3n) is 5.33. The maximum Gasteiger partial charge on any atom is 0.312 e. The van der Waals surface area contributed by atoms with E-state index in [1.165, 1.54) is 12.8 Å². The zero-order chi connectivity index (χ0) is 17.8. The van der Waals surface area contributed by atoms with Crippen LogP contribution in [0.15, 0.2) is 23.2 Å². The van der Waals surface area contributed by atoms with E-state index in [9.17, 15) is 9.90 Å². The molecule has 0 radical (unpaired) electrons. The monoisotopic (exact) mass is 345 g/mol. The standard InChI is InChI=1S/C20H27NO4/c1-3-16(20(22)23)17-10-14(12-21-17)13-8-9-18(24-2)19(11-13)25-15-6-4-5-7-15/h8-9,11,14-16H,3-7,10,12H2,1-2H3,(H,22,23). The number of methoxy groups -OCH3 is 1. The summed E-state index contributed by atoms with van der Waals surface area (Å²) in [7, 11) is 1.66. The van der Waals surface area contributed by atoms with Crippen LogP contribution in [-0.2, 0) is 4.79 Å². The second kappa shape index (κ2) is 7.89. The number of rotatable bonds is 7. The Morgan fingerprint density at radius 1 is 1.32 bits per heavy atom. The zero-order valence-corrected chi connectivity index (χ0v) is 15.0. The minimum atomic E-state index is -0.776. The highest BCUT2D eigenvalue weighted by Gasteiger charge is 2.30. The average Bonchev–Trinajstić information content (AvgIpc) is 3.27. The number of hydrogen-bond acceptors (Lipinski definition) is 4. The molecule has 136 valence electrons. The Bertz CT molecular complexity index is 649. The van der Waals surface area contributed by atoms with Gasteiger partial charge >= 0.3 is 5.97 Å². The van der Waals surface area contributed by atoms with E-state index in [0.29, 0.717) is 19.4 Å². The summed E-state index contributed by atoms with van der Waals surface area (Å²) < 4.78 is 11.6. The molecule has 1 fully saturated rings. The van der Waals surface area contributed by atoms with Gasteiger partial charge in [0, 0.05) is 18.2 Å². The highest BCUT2D eigenvalue weighted by atomic mass is 16.5. The molecule has 5 heteroatoms. The molecule has 0 aromatic heterocycles. The van der Waals surface area contributed by atoms with Gasteiger partial charge in [-0.25, -0.2) is 0 Å². The number of aliphatic imine (C=N–C) groups is 1. The van der Waals surface area contributed by atoms with Crippen LogP contribution >= 0.6 is 0 Å². The maximum absolute atomic E-state index is 11.4. The van der Waals surface area contributed by atoms with Crippen molar-refractivity contribution in [1.29, 1.82) is 0 Å². The molecule has 1 aromatic carbocycles. The van der Waals surface area contributed by atoms with Crippen LogP contribution < -0.4 is 9.47 Å². The van der Waals surface area contributed by atoms with Crippen LogP contribution in [0.2, 0.25) is 0 Å². The van der Waals surface area contributed by atoms with E-state index in [1.54, 1.807) is 7.11 Å². The quantitative estimate of drug-likeness (QED) is 0.809. The molecule has 0 spiro atoms. The fourth-order valence-electron chi connectivity index (χ4n) is 3.86. The minimum absolute atomic E-state index is 0.222. The molecule has 0 saturated heterocycles. The summed E-state index contributed by atoms with van der Waals surface area (Å²) in [6.07, 6.45) is 6.21. The number of hydrogen-bond donors (Lipinski definition) is 1. The SMILES string of the molecule is CCC(C(=O)O)C1=NCC(c2ccc(OC)c(OC3CCCC3)c2)C1. The molecule has 2 unspecified atom stereocenters. The van der Waals surface area contributed by atoms with Gasteiger partial charge < -0.3 is 14.6 Å². The number of carboxylic acid groups (broad SMARTS) is 1. The summed E-state index contributed by atoms with van der Waals surface area (Å²) in [6.45, 7) is 2.55. The lowest BCUT2D eigenvalue weighted by Gasteiger charge is -2.18. The highest BCUT2D eigenvalue weighted by Crippen LogP contribution is 2.37. The van der Waals surface area contributed by atoms with E-state index >= 15 is 0 Å². The van der Waals surface area contributed by atoms with Gasteiger partial charge in [-0.15, -0.1) is 0 Å². The van der Waals surface area contributed by atoms with E-state index in [4.69, 9.17) is 9.47 Å². The van der Waals surface area contributed by atoms with Crippen molar-refractivity contribution < 1.29 is 19.4 Å². The normalized spacial score (nSPS) is 21.8. The first kappa shape index (κ1) is 17.8. The number of carbonyl (C=O) groups is 1. The Kier molecular flexibility index (Phi) is 5.61. The number of carboxylic acids is 1. The number of benzene rings is 1. The van der Waals surface area contributed by atoms with Crippen molar-refractivity contribution in [2.75, 3.05) is 13.7 Å². The third kappa shape index (κ3) is 3.97. The van der Waals surface area contributed by atoms with Crippen molar-refractivity contribution in [2.45, 2.75) is 57.5 Å². The number of aliphatic carboxylic acids is 1. The fourth-order valence-corrected chi connectivity index (χ4v) is 3.86. The number of ether oxygens (including phenoxy) is 2. The van der Waals surface area contributed by atoms with Gasteiger partial charge in [0.25, 0.3) is 0 Å². The van der Waals surface area contributed by atoms with Crippen LogP contribution in [0.1, 0.15) is 56.9 Å². The predicted molar refractivity (Wildman–Crippen MR) is 97.0 cm³/mol. The second-order valence-electron chi connectivity index (χ2n) is 6.97. The molecule has 1 heterocycles. The van der Waals surface area contributed by atoms with Crippen molar-refractivity contribution in [1.82, 2.24) is 0 Å². The van der Waals surface area contributed by atoms with Gasteiger partial charge in [-0.2, -0.15) is 0 Å². The van der Waals surface area contributed by atoms with E-state index in [-0.39, 0.29) is 12.0 Å². The van der Waals surface area contributed by atoms with Gasteiger partial charge in [-0.05, 0) is 56.2 Å². The van der Waals surface area contributed by atoms with Crippen molar-refractivity contribution in [3.63, 3.8) is 0 Å². The molecular formula is C20H27NO4. The third-order valence-corrected chi connectivity index (χ3v) is 5.33. The molecule has 1 N–H and O–H groups in total. The first-order valence-electron chi connectivity index (χ1n) is 9.23. The fraction of sp³-hybridized carbons (Fsp3) is 0.600. The molecule has 1 aliphatic heterocycles. The molecule has 0 bridgehead atoms. The summed E-state index contributed by atoms with van der Waals surface area (Å²) in [5.74, 6) is 0.539. The van der Waals surface area contributed by atoms with E-state index in [1.807, 2.05) is 19.1 Å². The van der Waals surface area contributed by atoms with Crippen molar-refractivity contribution >= 4 is 11.7 Å². The summed E-state index contributed by atoms with van der Waals surface area (Å²) >= 11 is 0. The maximum atomic E-state index is 11.4. The molecule has 5 nitrogen and oxygen atoms in total. The summed E-state index contributed by atoms with van der Waals surface area (Å²) in [6, 6.07) is 6.05. The lowest BCUT2D eigenvalue weighted by atomic mass is 9.90. The lowest BCUT2D eigenvalue weighted by Crippen LogP contribution is -2.22. The minimum Gasteiger partial charge on any atom is -0.493 e. The molecule has 1 aliphatic carbocycles. The van der Waals surface area contributed by atoms with Crippen LogP contribution in [-0.4, -0.2) is 36.5 Å². The highest BCUT2D eigenvalue weighted by molar-refractivity contribution is 6.02. The molecule has 3 rings (SSSR count). The van der Waals surface area contributed by atoms with E-state index in [2.05, 4.69) is 11.1 Å². The lowest BCUT2D eigenvalue weighted by molar-refractivity contribution is -0.139. The van der Waals surface area contributed by atoms with Crippen LogP contribution in [0.3, 0.4) is 0 Å². The predicted octanol–water partition coefficient (Wildman–Crippen LogP) is 4.06. The Hall–Kier alpha value is -2.04. The van der Waals surface area contributed by atoms with Crippen LogP contribution in [0, 0.1) is 5.92 Å². The van der Waals surface area contributed by atoms with Gasteiger partial charge in [0.1, 0.15) is 0 Å². The van der Waals surface area contributed by atoms with Gasteiger partial charge in [0.15, 0.2) is 11.5 Å². The first-order valence-corrected chi connectivity index (χ1v) is 9.23. The first-order chi connectivity index (χ1) is 12.1. The summed E-state index contributed by atoms with van der Waals surface area (Å²) in [5, 5.41) is 9.34. The van der Waals surface area contributed by atoms with Gasteiger partial charge in [0.2, 0.25) is 0 Å². The van der Waals surface area contributed by atoms with Crippen LogP contribution in [0.4, 0.5) is 0 Å². The van der Waals surface area contributed by atoms with Gasteiger partial charge in [-0.1, -0.05) is 13.0 Å². The molecule has 2 atom stereocenters. The Balaban J connectivity index is 1.73. The largest absolute Gasteiger partial charge is 0.493 e. The molecule has 25 heavy (non-hydrogen) atoms. The Morgan fingerprint density at radius 3 is 2.72 bits per heavy atom. The van der Waals surface area contributed by atoms with Gasteiger partial charge in [0.05, 0.1) is 19.1 Å². The van der Waals surface area contributed by atoms with E-state index in [0.717, 1.165) is 35.6 Å². The van der Waals surface area contributed by atoms with Crippen molar-refractivity contribution in [3.8, 4) is 11.5 Å². The van der Waals surface area contributed by atoms with Crippen LogP contribution in [0.25, 0.3) is 0 Å². The molecule has 2 aliphatic rings. The van der Waals surface area contributed by atoms with Gasteiger partial charge in [-0.3, -0.25) is 9.79 Å².